The van der Waals surface area contributed by atoms with E-state index in [0.29, 0.717) is 38.5 Å². The summed E-state index contributed by atoms with van der Waals surface area (Å²) in [5.74, 6) is 0.712. The first-order valence-electron chi connectivity index (χ1n) is 9.25. The second-order valence-electron chi connectivity index (χ2n) is 6.93. The lowest BCUT2D eigenvalue weighted by Crippen LogP contribution is -2.20. The van der Waals surface area contributed by atoms with Crippen molar-refractivity contribution in [1.29, 1.82) is 0 Å². The molecule has 1 aromatic heterocycles. The van der Waals surface area contributed by atoms with Gasteiger partial charge in [0.1, 0.15) is 11.3 Å². The molecule has 5 nitrogen and oxygen atoms in total. The summed E-state index contributed by atoms with van der Waals surface area (Å²) in [6.45, 7) is 3.70. The van der Waals surface area contributed by atoms with Crippen molar-refractivity contribution in [3.63, 3.8) is 0 Å². The maximum absolute atomic E-state index is 12.4. The maximum atomic E-state index is 12.4. The Kier molecular flexibility index (Phi) is 5.66. The van der Waals surface area contributed by atoms with Crippen LogP contribution in [0.1, 0.15) is 11.1 Å². The summed E-state index contributed by atoms with van der Waals surface area (Å²) >= 11 is 12.2. The van der Waals surface area contributed by atoms with Crippen molar-refractivity contribution < 1.29 is 13.9 Å². The fourth-order valence-electron chi connectivity index (χ4n) is 3.02. The van der Waals surface area contributed by atoms with Crippen LogP contribution in [-0.4, -0.2) is 17.5 Å². The SMILES string of the molecule is Cc1ccc2oc(-c3ccc(Cl)c(NC(=O)COc4ccc(Cl)cc4C)c3)nc2c1. The first kappa shape index (κ1) is 20.3. The zero-order valence-electron chi connectivity index (χ0n) is 16.3. The lowest BCUT2D eigenvalue weighted by molar-refractivity contribution is -0.118. The topological polar surface area (TPSA) is 64.4 Å². The second kappa shape index (κ2) is 8.38. The second-order valence-corrected chi connectivity index (χ2v) is 7.78. The standard InChI is InChI=1S/C23H18Cl2N2O3/c1-13-3-7-21-19(9-13)27-23(30-21)15-4-6-17(25)18(11-15)26-22(28)12-29-20-8-5-16(24)10-14(20)2/h3-11H,12H2,1-2H3,(H,26,28). The largest absolute Gasteiger partial charge is 0.483 e. The molecule has 0 fully saturated rings. The molecule has 4 aromatic rings. The first-order valence-corrected chi connectivity index (χ1v) is 10.0. The highest BCUT2D eigenvalue weighted by molar-refractivity contribution is 6.33. The molecule has 0 radical (unpaired) electrons. The van der Waals surface area contributed by atoms with E-state index in [-0.39, 0.29) is 12.5 Å². The van der Waals surface area contributed by atoms with Crippen LogP contribution in [0.2, 0.25) is 10.0 Å². The van der Waals surface area contributed by atoms with E-state index in [9.17, 15) is 4.79 Å². The van der Waals surface area contributed by atoms with Crippen LogP contribution < -0.4 is 10.1 Å². The summed E-state index contributed by atoms with van der Waals surface area (Å²) in [4.78, 5) is 16.9. The van der Waals surface area contributed by atoms with Gasteiger partial charge in [-0.25, -0.2) is 4.98 Å². The van der Waals surface area contributed by atoms with E-state index < -0.39 is 0 Å². The molecule has 0 unspecified atom stereocenters. The van der Waals surface area contributed by atoms with Crippen LogP contribution in [0.3, 0.4) is 0 Å². The molecule has 7 heteroatoms. The Morgan fingerprint density at radius 1 is 1.07 bits per heavy atom. The highest BCUT2D eigenvalue weighted by atomic mass is 35.5. The minimum absolute atomic E-state index is 0.162. The third-order valence-corrected chi connectivity index (χ3v) is 5.09. The Bertz CT molecular complexity index is 1250. The molecule has 0 saturated carbocycles. The summed E-state index contributed by atoms with van der Waals surface area (Å²) in [7, 11) is 0. The van der Waals surface area contributed by atoms with Gasteiger partial charge in [-0.3, -0.25) is 4.79 Å². The third-order valence-electron chi connectivity index (χ3n) is 4.53. The number of hydrogen-bond donors (Lipinski definition) is 1. The predicted octanol–water partition coefficient (Wildman–Crippen LogP) is 6.44. The van der Waals surface area contributed by atoms with E-state index in [4.69, 9.17) is 32.4 Å². The molecule has 3 aromatic carbocycles. The van der Waals surface area contributed by atoms with E-state index in [0.717, 1.165) is 16.6 Å². The monoisotopic (exact) mass is 440 g/mol. The first-order chi connectivity index (χ1) is 14.4. The average Bonchev–Trinajstić information content (AvgIpc) is 3.12. The lowest BCUT2D eigenvalue weighted by atomic mass is 10.2. The van der Waals surface area contributed by atoms with Gasteiger partial charge in [-0.15, -0.1) is 0 Å². The number of rotatable bonds is 5. The molecule has 1 heterocycles. The van der Waals surface area contributed by atoms with Crippen LogP contribution in [0.4, 0.5) is 5.69 Å². The van der Waals surface area contributed by atoms with Gasteiger partial charge < -0.3 is 14.5 Å². The molecular weight excluding hydrogens is 423 g/mol. The molecule has 0 aliphatic heterocycles. The quantitative estimate of drug-likeness (QED) is 0.387. The Morgan fingerprint density at radius 2 is 1.90 bits per heavy atom. The number of ether oxygens (including phenoxy) is 1. The van der Waals surface area contributed by atoms with Gasteiger partial charge in [-0.05, 0) is 73.5 Å². The Morgan fingerprint density at radius 3 is 2.70 bits per heavy atom. The van der Waals surface area contributed by atoms with Crippen LogP contribution in [0.5, 0.6) is 5.75 Å². The van der Waals surface area contributed by atoms with Gasteiger partial charge >= 0.3 is 0 Å². The van der Waals surface area contributed by atoms with E-state index in [1.54, 1.807) is 36.4 Å². The highest BCUT2D eigenvalue weighted by Crippen LogP contribution is 2.31. The number of anilines is 1. The van der Waals surface area contributed by atoms with Crippen molar-refractivity contribution in [3.8, 4) is 17.2 Å². The van der Waals surface area contributed by atoms with Crippen LogP contribution in [0, 0.1) is 13.8 Å². The van der Waals surface area contributed by atoms with Crippen molar-refractivity contribution in [2.24, 2.45) is 0 Å². The van der Waals surface area contributed by atoms with Crippen LogP contribution >= 0.6 is 23.2 Å². The van der Waals surface area contributed by atoms with E-state index in [1.807, 2.05) is 32.0 Å². The van der Waals surface area contributed by atoms with Crippen molar-refractivity contribution in [1.82, 2.24) is 4.98 Å². The van der Waals surface area contributed by atoms with Crippen molar-refractivity contribution >= 4 is 45.9 Å². The summed E-state index contributed by atoms with van der Waals surface area (Å²) in [6, 6.07) is 16.2. The minimum Gasteiger partial charge on any atom is -0.483 e. The number of benzene rings is 3. The lowest BCUT2D eigenvalue weighted by Gasteiger charge is -2.11. The molecular formula is C23H18Cl2N2O3. The van der Waals surface area contributed by atoms with Gasteiger partial charge in [-0.1, -0.05) is 29.3 Å². The number of nitrogens with one attached hydrogen (secondary N) is 1. The van der Waals surface area contributed by atoms with Crippen molar-refractivity contribution in [2.45, 2.75) is 13.8 Å². The van der Waals surface area contributed by atoms with Crippen LogP contribution in [0.15, 0.2) is 59.0 Å². The number of carbonyl (C=O) groups excluding carboxylic acids is 1. The van der Waals surface area contributed by atoms with Gasteiger partial charge in [0.05, 0.1) is 10.7 Å². The van der Waals surface area contributed by atoms with Gasteiger partial charge in [0.25, 0.3) is 5.91 Å². The maximum Gasteiger partial charge on any atom is 0.262 e. The molecule has 30 heavy (non-hydrogen) atoms. The molecule has 4 rings (SSSR count). The molecule has 1 N–H and O–H groups in total. The highest BCUT2D eigenvalue weighted by Gasteiger charge is 2.13. The zero-order valence-corrected chi connectivity index (χ0v) is 17.8. The van der Waals surface area contributed by atoms with Crippen molar-refractivity contribution in [2.75, 3.05) is 11.9 Å². The van der Waals surface area contributed by atoms with Gasteiger partial charge in [-0.2, -0.15) is 0 Å². The molecule has 0 saturated heterocycles. The van der Waals surface area contributed by atoms with E-state index in [1.165, 1.54) is 0 Å². The molecule has 0 bridgehead atoms. The van der Waals surface area contributed by atoms with Crippen LogP contribution in [-0.2, 0) is 4.79 Å². The van der Waals surface area contributed by atoms with E-state index >= 15 is 0 Å². The summed E-state index contributed by atoms with van der Waals surface area (Å²) < 4.78 is 11.4. The molecule has 1 amide bonds. The van der Waals surface area contributed by atoms with Crippen LogP contribution in [0.25, 0.3) is 22.6 Å². The summed E-state index contributed by atoms with van der Waals surface area (Å²) in [6.07, 6.45) is 0. The van der Waals surface area contributed by atoms with Gasteiger partial charge in [0.15, 0.2) is 12.2 Å². The van der Waals surface area contributed by atoms with Crippen molar-refractivity contribution in [3.05, 3.63) is 75.8 Å². The Labute approximate surface area is 183 Å². The number of fused-ring (bicyclic) bond motifs is 1. The smallest absolute Gasteiger partial charge is 0.262 e. The van der Waals surface area contributed by atoms with Gasteiger partial charge in [0.2, 0.25) is 5.89 Å². The third kappa shape index (κ3) is 4.42. The van der Waals surface area contributed by atoms with E-state index in [2.05, 4.69) is 10.3 Å². The number of hydrogen-bond acceptors (Lipinski definition) is 4. The number of halogens is 2. The van der Waals surface area contributed by atoms with Gasteiger partial charge in [0, 0.05) is 10.6 Å². The Balaban J connectivity index is 1.50. The predicted molar refractivity (Wildman–Crippen MR) is 120 cm³/mol. The molecule has 152 valence electrons. The number of aryl methyl sites for hydroxylation is 2. The minimum atomic E-state index is -0.336. The Hall–Kier alpha value is -3.02. The fraction of sp³-hybridized carbons (Fsp3) is 0.130. The molecule has 0 aliphatic rings. The number of nitrogens with zero attached hydrogens (tertiary/aromatic N) is 1. The normalized spacial score (nSPS) is 10.9. The number of oxazole rings is 1. The summed E-state index contributed by atoms with van der Waals surface area (Å²) in [5, 5.41) is 3.79. The summed E-state index contributed by atoms with van der Waals surface area (Å²) in [5.41, 5.74) is 4.58. The molecule has 0 spiro atoms. The fourth-order valence-corrected chi connectivity index (χ4v) is 3.41. The zero-order chi connectivity index (χ0) is 21.3. The number of amides is 1. The molecule has 0 atom stereocenters. The number of carbonyl (C=O) groups is 1. The molecule has 0 aliphatic carbocycles. The average molecular weight is 441 g/mol. The number of aromatic nitrogens is 1.